The summed E-state index contributed by atoms with van der Waals surface area (Å²) >= 11 is 0. The second-order valence-electron chi connectivity index (χ2n) is 4.23. The maximum Gasteiger partial charge on any atom is 0.0271 e. The zero-order chi connectivity index (χ0) is 11.1. The van der Waals surface area contributed by atoms with E-state index in [1.165, 1.54) is 5.56 Å². The fraction of sp³-hybridized carbons (Fsp3) is 0.583. The minimum Gasteiger partial charge on any atom is -0.330 e. The predicted octanol–water partition coefficient (Wildman–Crippen LogP) is 1.50. The highest BCUT2D eigenvalue weighted by atomic mass is 15.1. The molecule has 0 aliphatic heterocycles. The van der Waals surface area contributed by atoms with Crippen molar-refractivity contribution in [1.82, 2.24) is 9.88 Å². The topological polar surface area (TPSA) is 42.1 Å². The van der Waals surface area contributed by atoms with Crippen molar-refractivity contribution < 1.29 is 0 Å². The Balaban J connectivity index is 2.33. The van der Waals surface area contributed by atoms with Gasteiger partial charge in [-0.15, -0.1) is 0 Å². The van der Waals surface area contributed by atoms with Crippen LogP contribution in [-0.4, -0.2) is 30.0 Å². The second-order valence-corrected chi connectivity index (χ2v) is 4.23. The van der Waals surface area contributed by atoms with Crippen LogP contribution in [0.25, 0.3) is 0 Å². The van der Waals surface area contributed by atoms with E-state index >= 15 is 0 Å². The van der Waals surface area contributed by atoms with E-state index in [1.807, 2.05) is 12.4 Å². The highest BCUT2D eigenvalue weighted by Crippen LogP contribution is 2.06. The quantitative estimate of drug-likeness (QED) is 0.768. The number of nitrogens with two attached hydrogens (primary N) is 1. The van der Waals surface area contributed by atoms with Crippen LogP contribution in [0, 0.1) is 5.92 Å². The van der Waals surface area contributed by atoms with E-state index in [1.54, 1.807) is 0 Å². The first-order valence-corrected chi connectivity index (χ1v) is 5.50. The largest absolute Gasteiger partial charge is 0.330 e. The SMILES string of the molecule is CC(CCN)CN(C)Cc1ccncc1. The zero-order valence-corrected chi connectivity index (χ0v) is 9.69. The maximum atomic E-state index is 5.53. The van der Waals surface area contributed by atoms with Crippen molar-refractivity contribution in [3.05, 3.63) is 30.1 Å². The Morgan fingerprint density at radius 3 is 2.67 bits per heavy atom. The Morgan fingerprint density at radius 1 is 1.40 bits per heavy atom. The molecule has 0 bridgehead atoms. The van der Waals surface area contributed by atoms with Gasteiger partial charge >= 0.3 is 0 Å². The summed E-state index contributed by atoms with van der Waals surface area (Å²) in [4.78, 5) is 6.34. The molecular formula is C12H21N3. The monoisotopic (exact) mass is 207 g/mol. The first kappa shape index (κ1) is 12.1. The molecule has 1 unspecified atom stereocenters. The van der Waals surface area contributed by atoms with E-state index < -0.39 is 0 Å². The Kier molecular flexibility index (Phi) is 5.29. The van der Waals surface area contributed by atoms with Gasteiger partial charge in [0.25, 0.3) is 0 Å². The third kappa shape index (κ3) is 4.91. The Bertz CT molecular complexity index is 261. The fourth-order valence-corrected chi connectivity index (χ4v) is 1.77. The van der Waals surface area contributed by atoms with Crippen molar-refractivity contribution in [2.24, 2.45) is 11.7 Å². The fourth-order valence-electron chi connectivity index (χ4n) is 1.77. The molecule has 0 amide bonds. The summed E-state index contributed by atoms with van der Waals surface area (Å²) < 4.78 is 0. The van der Waals surface area contributed by atoms with E-state index in [4.69, 9.17) is 5.73 Å². The van der Waals surface area contributed by atoms with E-state index in [9.17, 15) is 0 Å². The lowest BCUT2D eigenvalue weighted by molar-refractivity contribution is 0.273. The lowest BCUT2D eigenvalue weighted by Crippen LogP contribution is -2.25. The van der Waals surface area contributed by atoms with Crippen LogP contribution in [0.2, 0.25) is 0 Å². The third-order valence-electron chi connectivity index (χ3n) is 2.48. The van der Waals surface area contributed by atoms with Crippen LogP contribution in [0.15, 0.2) is 24.5 Å². The minimum atomic E-state index is 0.668. The summed E-state index contributed by atoms with van der Waals surface area (Å²) in [5.41, 5.74) is 6.84. The summed E-state index contributed by atoms with van der Waals surface area (Å²) in [6.45, 7) is 5.11. The molecule has 0 radical (unpaired) electrons. The third-order valence-corrected chi connectivity index (χ3v) is 2.48. The Hall–Kier alpha value is -0.930. The normalized spacial score (nSPS) is 13.1. The standard InChI is InChI=1S/C12H21N3/c1-11(3-6-13)9-15(2)10-12-4-7-14-8-5-12/h4-5,7-8,11H,3,6,9-10,13H2,1-2H3. The van der Waals surface area contributed by atoms with Gasteiger partial charge in [0.2, 0.25) is 0 Å². The minimum absolute atomic E-state index is 0.668. The molecule has 0 saturated carbocycles. The van der Waals surface area contributed by atoms with Gasteiger partial charge in [-0.1, -0.05) is 6.92 Å². The van der Waals surface area contributed by atoms with Crippen LogP contribution in [0.5, 0.6) is 0 Å². The zero-order valence-electron chi connectivity index (χ0n) is 9.69. The summed E-state index contributed by atoms with van der Waals surface area (Å²) in [6, 6.07) is 4.12. The average Bonchev–Trinajstić information content (AvgIpc) is 2.19. The van der Waals surface area contributed by atoms with Crippen molar-refractivity contribution in [1.29, 1.82) is 0 Å². The molecule has 1 atom stereocenters. The summed E-state index contributed by atoms with van der Waals surface area (Å²) in [5, 5.41) is 0. The van der Waals surface area contributed by atoms with Crippen LogP contribution in [0.1, 0.15) is 18.9 Å². The summed E-state index contributed by atoms with van der Waals surface area (Å²) in [5.74, 6) is 0.668. The van der Waals surface area contributed by atoms with Gasteiger partial charge in [0.05, 0.1) is 0 Å². The van der Waals surface area contributed by atoms with Crippen LogP contribution >= 0.6 is 0 Å². The Morgan fingerprint density at radius 2 is 2.07 bits per heavy atom. The van der Waals surface area contributed by atoms with Crippen LogP contribution < -0.4 is 5.73 Å². The highest BCUT2D eigenvalue weighted by Gasteiger charge is 2.05. The molecule has 2 N–H and O–H groups in total. The second kappa shape index (κ2) is 6.53. The van der Waals surface area contributed by atoms with E-state index in [0.29, 0.717) is 5.92 Å². The molecule has 0 fully saturated rings. The van der Waals surface area contributed by atoms with Crippen LogP contribution in [-0.2, 0) is 6.54 Å². The lowest BCUT2D eigenvalue weighted by atomic mass is 10.1. The molecule has 0 spiro atoms. The van der Waals surface area contributed by atoms with Gasteiger partial charge in [0.1, 0.15) is 0 Å². The predicted molar refractivity (Wildman–Crippen MR) is 63.4 cm³/mol. The molecule has 0 aliphatic rings. The van der Waals surface area contributed by atoms with Crippen molar-refractivity contribution in [2.75, 3.05) is 20.1 Å². The molecule has 1 heterocycles. The van der Waals surface area contributed by atoms with Gasteiger partial charge in [-0.2, -0.15) is 0 Å². The number of aromatic nitrogens is 1. The first-order chi connectivity index (χ1) is 7.22. The summed E-state index contributed by atoms with van der Waals surface area (Å²) in [7, 11) is 2.15. The van der Waals surface area contributed by atoms with Gasteiger partial charge in [0.15, 0.2) is 0 Å². The molecule has 1 aromatic rings. The van der Waals surface area contributed by atoms with Crippen LogP contribution in [0.3, 0.4) is 0 Å². The smallest absolute Gasteiger partial charge is 0.0271 e. The van der Waals surface area contributed by atoms with Crippen LogP contribution in [0.4, 0.5) is 0 Å². The van der Waals surface area contributed by atoms with Crippen molar-refractivity contribution in [3.8, 4) is 0 Å². The van der Waals surface area contributed by atoms with Crippen molar-refractivity contribution in [3.63, 3.8) is 0 Å². The van der Waals surface area contributed by atoms with Crippen molar-refractivity contribution >= 4 is 0 Å². The van der Waals surface area contributed by atoms with Gasteiger partial charge in [-0.05, 0) is 43.6 Å². The van der Waals surface area contributed by atoms with Gasteiger partial charge < -0.3 is 10.6 Å². The molecule has 1 aromatic heterocycles. The molecule has 1 rings (SSSR count). The van der Waals surface area contributed by atoms with E-state index in [2.05, 4.69) is 36.0 Å². The first-order valence-electron chi connectivity index (χ1n) is 5.50. The number of hydrogen-bond acceptors (Lipinski definition) is 3. The Labute approximate surface area is 92.3 Å². The highest BCUT2D eigenvalue weighted by molar-refractivity contribution is 5.09. The molecular weight excluding hydrogens is 186 g/mol. The van der Waals surface area contributed by atoms with Crippen molar-refractivity contribution in [2.45, 2.75) is 19.9 Å². The maximum absolute atomic E-state index is 5.53. The molecule has 3 heteroatoms. The number of pyridine rings is 1. The molecule has 0 aliphatic carbocycles. The molecule has 84 valence electrons. The summed E-state index contributed by atoms with van der Waals surface area (Å²) in [6.07, 6.45) is 4.78. The number of rotatable bonds is 6. The average molecular weight is 207 g/mol. The number of nitrogens with zero attached hydrogens (tertiary/aromatic N) is 2. The van der Waals surface area contributed by atoms with Gasteiger partial charge in [0, 0.05) is 25.5 Å². The molecule has 15 heavy (non-hydrogen) atoms. The molecule has 0 aromatic carbocycles. The van der Waals surface area contributed by atoms with Gasteiger partial charge in [-0.3, -0.25) is 4.98 Å². The molecule has 3 nitrogen and oxygen atoms in total. The molecule has 0 saturated heterocycles. The number of hydrogen-bond donors (Lipinski definition) is 1. The van der Waals surface area contributed by atoms with E-state index in [0.717, 1.165) is 26.1 Å². The van der Waals surface area contributed by atoms with Gasteiger partial charge in [-0.25, -0.2) is 0 Å². The van der Waals surface area contributed by atoms with E-state index in [-0.39, 0.29) is 0 Å². The lowest BCUT2D eigenvalue weighted by Gasteiger charge is -2.20.